The summed E-state index contributed by atoms with van der Waals surface area (Å²) in [5.41, 5.74) is 1.40. The van der Waals surface area contributed by atoms with Crippen LogP contribution < -0.4 is 4.74 Å². The number of nitrogens with zero attached hydrogens (tertiary/aromatic N) is 3. The van der Waals surface area contributed by atoms with Crippen molar-refractivity contribution in [2.45, 2.75) is 31.4 Å². The fourth-order valence-electron chi connectivity index (χ4n) is 3.54. The Morgan fingerprint density at radius 1 is 1.17 bits per heavy atom. The lowest BCUT2D eigenvalue weighted by atomic mass is 10.3. The second kappa shape index (κ2) is 8.71. The summed E-state index contributed by atoms with van der Waals surface area (Å²) in [6.07, 6.45) is 0.867. The molecule has 2 aromatic carbocycles. The van der Waals surface area contributed by atoms with E-state index in [-0.39, 0.29) is 17.3 Å². The summed E-state index contributed by atoms with van der Waals surface area (Å²) in [5.74, 6) is 0.341. The zero-order valence-electron chi connectivity index (χ0n) is 16.8. The number of ether oxygens (including phenoxy) is 2. The molecule has 30 heavy (non-hydrogen) atoms. The molecule has 160 valence electrons. The standard InChI is InChI=1S/C21H24FN3O4S/c1-2-9-25-19-8-7-16(30(26,27)24-10-12-28-13-11-24)14-18(19)23-21(25)15-29-20-6-4-3-5-17(20)22/h3-8,14H,2,9-13,15H2,1H3. The van der Waals surface area contributed by atoms with Crippen molar-refractivity contribution in [2.24, 2.45) is 0 Å². The summed E-state index contributed by atoms with van der Waals surface area (Å²) in [5, 5.41) is 0. The normalized spacial score (nSPS) is 15.5. The number of halogens is 1. The Morgan fingerprint density at radius 3 is 2.67 bits per heavy atom. The van der Waals surface area contributed by atoms with Gasteiger partial charge in [-0.2, -0.15) is 4.31 Å². The Balaban J connectivity index is 1.66. The smallest absolute Gasteiger partial charge is 0.243 e. The number of hydrogen-bond donors (Lipinski definition) is 0. The van der Waals surface area contributed by atoms with Gasteiger partial charge in [-0.3, -0.25) is 0 Å². The molecule has 0 saturated carbocycles. The first-order valence-electron chi connectivity index (χ1n) is 9.95. The van der Waals surface area contributed by atoms with Crippen LogP contribution in [0.2, 0.25) is 0 Å². The molecule has 9 heteroatoms. The molecule has 3 aromatic rings. The van der Waals surface area contributed by atoms with Gasteiger partial charge in [0.15, 0.2) is 11.6 Å². The summed E-state index contributed by atoms with van der Waals surface area (Å²) in [4.78, 5) is 4.81. The van der Waals surface area contributed by atoms with Crippen molar-refractivity contribution < 1.29 is 22.3 Å². The van der Waals surface area contributed by atoms with Gasteiger partial charge in [-0.1, -0.05) is 19.1 Å². The van der Waals surface area contributed by atoms with Gasteiger partial charge in [-0.25, -0.2) is 17.8 Å². The monoisotopic (exact) mass is 433 g/mol. The lowest BCUT2D eigenvalue weighted by Crippen LogP contribution is -2.40. The second-order valence-electron chi connectivity index (χ2n) is 7.07. The Kier molecular flexibility index (Phi) is 6.03. The molecule has 0 N–H and O–H groups in total. The molecule has 0 amide bonds. The van der Waals surface area contributed by atoms with Gasteiger partial charge in [-0.15, -0.1) is 0 Å². The lowest BCUT2D eigenvalue weighted by molar-refractivity contribution is 0.0730. The van der Waals surface area contributed by atoms with Crippen LogP contribution in [-0.2, 0) is 27.9 Å². The first-order chi connectivity index (χ1) is 14.5. The van der Waals surface area contributed by atoms with Crippen LogP contribution in [0.3, 0.4) is 0 Å². The fourth-order valence-corrected chi connectivity index (χ4v) is 4.97. The topological polar surface area (TPSA) is 73.7 Å². The first kappa shape index (κ1) is 20.8. The average molecular weight is 434 g/mol. The maximum Gasteiger partial charge on any atom is 0.243 e. The molecule has 0 atom stereocenters. The van der Waals surface area contributed by atoms with Crippen molar-refractivity contribution in [3.05, 3.63) is 54.1 Å². The number of aryl methyl sites for hydroxylation is 1. The molecular formula is C21H24FN3O4S. The molecule has 1 aromatic heterocycles. The zero-order chi connectivity index (χ0) is 21.1. The molecule has 1 saturated heterocycles. The molecule has 0 radical (unpaired) electrons. The van der Waals surface area contributed by atoms with Crippen LogP contribution in [0.1, 0.15) is 19.2 Å². The number of rotatable bonds is 7. The van der Waals surface area contributed by atoms with Crippen LogP contribution >= 0.6 is 0 Å². The summed E-state index contributed by atoms with van der Waals surface area (Å²) >= 11 is 0. The number of fused-ring (bicyclic) bond motifs is 1. The summed E-state index contributed by atoms with van der Waals surface area (Å²) in [7, 11) is -3.61. The van der Waals surface area contributed by atoms with Crippen LogP contribution in [0, 0.1) is 5.82 Å². The highest BCUT2D eigenvalue weighted by molar-refractivity contribution is 7.89. The van der Waals surface area contributed by atoms with Crippen LogP contribution in [-0.4, -0.2) is 48.6 Å². The minimum Gasteiger partial charge on any atom is -0.483 e. The van der Waals surface area contributed by atoms with Crippen molar-refractivity contribution in [3.8, 4) is 5.75 Å². The summed E-state index contributed by atoms with van der Waals surface area (Å²) < 4.78 is 54.1. The Morgan fingerprint density at radius 2 is 1.93 bits per heavy atom. The summed E-state index contributed by atoms with van der Waals surface area (Å²) in [6.45, 7) is 4.29. The first-order valence-corrected chi connectivity index (χ1v) is 11.4. The second-order valence-corrected chi connectivity index (χ2v) is 9.00. The van der Waals surface area contributed by atoms with Crippen molar-refractivity contribution in [3.63, 3.8) is 0 Å². The predicted molar refractivity (Wildman–Crippen MR) is 110 cm³/mol. The Labute approximate surface area is 175 Å². The molecule has 0 spiro atoms. The van der Waals surface area contributed by atoms with E-state index in [9.17, 15) is 12.8 Å². The number of aromatic nitrogens is 2. The van der Waals surface area contributed by atoms with Crippen LogP contribution in [0.5, 0.6) is 5.75 Å². The largest absolute Gasteiger partial charge is 0.483 e. The lowest BCUT2D eigenvalue weighted by Gasteiger charge is -2.26. The Bertz CT molecular complexity index is 1140. The molecule has 0 aliphatic carbocycles. The van der Waals surface area contributed by atoms with Crippen LogP contribution in [0.25, 0.3) is 11.0 Å². The van der Waals surface area contributed by atoms with E-state index < -0.39 is 15.8 Å². The van der Waals surface area contributed by atoms with Crippen molar-refractivity contribution in [1.29, 1.82) is 0 Å². The quantitative estimate of drug-likeness (QED) is 0.572. The molecule has 1 aliphatic heterocycles. The van der Waals surface area contributed by atoms with E-state index in [2.05, 4.69) is 4.98 Å². The van der Waals surface area contributed by atoms with Gasteiger partial charge in [0.25, 0.3) is 0 Å². The molecule has 1 aliphatic rings. The number of morpholine rings is 1. The molecule has 2 heterocycles. The molecule has 4 rings (SSSR count). The van der Waals surface area contributed by atoms with Gasteiger partial charge in [0.2, 0.25) is 10.0 Å². The van der Waals surface area contributed by atoms with Crippen molar-refractivity contribution in [2.75, 3.05) is 26.3 Å². The van der Waals surface area contributed by atoms with E-state index in [0.29, 0.717) is 44.2 Å². The third-order valence-corrected chi connectivity index (χ3v) is 6.94. The maximum absolute atomic E-state index is 13.9. The Hall–Kier alpha value is -2.49. The zero-order valence-corrected chi connectivity index (χ0v) is 17.6. The number of para-hydroxylation sites is 1. The number of sulfonamides is 1. The maximum atomic E-state index is 13.9. The molecule has 7 nitrogen and oxygen atoms in total. The van der Waals surface area contributed by atoms with E-state index in [1.54, 1.807) is 36.4 Å². The fraction of sp³-hybridized carbons (Fsp3) is 0.381. The van der Waals surface area contributed by atoms with Gasteiger partial charge < -0.3 is 14.0 Å². The highest BCUT2D eigenvalue weighted by Crippen LogP contribution is 2.25. The third-order valence-electron chi connectivity index (χ3n) is 5.05. The highest BCUT2D eigenvalue weighted by atomic mass is 32.2. The number of imidazole rings is 1. The minimum atomic E-state index is -3.61. The highest BCUT2D eigenvalue weighted by Gasteiger charge is 2.27. The van der Waals surface area contributed by atoms with Crippen LogP contribution in [0.4, 0.5) is 4.39 Å². The van der Waals surface area contributed by atoms with Gasteiger partial charge in [-0.05, 0) is 36.8 Å². The molecule has 0 bridgehead atoms. The van der Waals surface area contributed by atoms with E-state index >= 15 is 0 Å². The van der Waals surface area contributed by atoms with Crippen molar-refractivity contribution in [1.82, 2.24) is 13.9 Å². The third kappa shape index (κ3) is 4.05. The van der Waals surface area contributed by atoms with Crippen LogP contribution in [0.15, 0.2) is 47.4 Å². The van der Waals surface area contributed by atoms with Crippen molar-refractivity contribution >= 4 is 21.1 Å². The van der Waals surface area contributed by atoms with E-state index in [1.807, 2.05) is 11.5 Å². The van der Waals surface area contributed by atoms with Gasteiger partial charge in [0.1, 0.15) is 12.4 Å². The molecular weight excluding hydrogens is 409 g/mol. The van der Waals surface area contributed by atoms with Gasteiger partial charge in [0.05, 0.1) is 29.1 Å². The van der Waals surface area contributed by atoms with E-state index in [1.165, 1.54) is 10.4 Å². The molecule has 1 fully saturated rings. The number of benzene rings is 2. The minimum absolute atomic E-state index is 0.0845. The van der Waals surface area contributed by atoms with Gasteiger partial charge >= 0.3 is 0 Å². The summed E-state index contributed by atoms with van der Waals surface area (Å²) in [6, 6.07) is 11.2. The average Bonchev–Trinajstić information content (AvgIpc) is 3.11. The predicted octanol–water partition coefficient (Wildman–Crippen LogP) is 3.19. The van der Waals surface area contributed by atoms with Gasteiger partial charge in [0, 0.05) is 19.6 Å². The van der Waals surface area contributed by atoms with E-state index in [4.69, 9.17) is 9.47 Å². The SMILES string of the molecule is CCCn1c(COc2ccccc2F)nc2cc(S(=O)(=O)N3CCOCC3)ccc21. The van der Waals surface area contributed by atoms with E-state index in [0.717, 1.165) is 11.9 Å². The number of hydrogen-bond acceptors (Lipinski definition) is 5. The molecule has 0 unspecified atom stereocenters.